The van der Waals surface area contributed by atoms with Crippen molar-refractivity contribution in [2.45, 2.75) is 6.42 Å². The number of hydrogen-bond acceptors (Lipinski definition) is 5. The van der Waals surface area contributed by atoms with Gasteiger partial charge in [-0.05, 0) is 17.2 Å². The van der Waals surface area contributed by atoms with Gasteiger partial charge in [-0.2, -0.15) is 0 Å². The number of rotatable bonds is 5. The molecular weight excluding hydrogens is 316 g/mol. The molecule has 0 amide bonds. The zero-order valence-electron chi connectivity index (χ0n) is 13.0. The van der Waals surface area contributed by atoms with Crippen LogP contribution >= 0.6 is 11.3 Å². The first-order chi connectivity index (χ1) is 11.9. The molecule has 0 saturated carbocycles. The summed E-state index contributed by atoms with van der Waals surface area (Å²) in [4.78, 5) is 13.3. The molecule has 0 aliphatic heterocycles. The molecule has 4 rings (SSSR count). The maximum absolute atomic E-state index is 4.64. The summed E-state index contributed by atoms with van der Waals surface area (Å²) in [6.45, 7) is 0.775. The second kappa shape index (κ2) is 6.76. The monoisotopic (exact) mass is 332 g/mol. The Morgan fingerprint density at radius 3 is 2.71 bits per heavy atom. The van der Waals surface area contributed by atoms with Crippen LogP contribution in [0.3, 0.4) is 0 Å². The fraction of sp³-hybridized carbons (Fsp3) is 0.105. The van der Waals surface area contributed by atoms with Gasteiger partial charge in [-0.3, -0.25) is 0 Å². The van der Waals surface area contributed by atoms with Crippen LogP contribution < -0.4 is 5.32 Å². The van der Waals surface area contributed by atoms with Crippen molar-refractivity contribution in [1.82, 2.24) is 15.0 Å². The van der Waals surface area contributed by atoms with Crippen molar-refractivity contribution in [3.63, 3.8) is 0 Å². The molecule has 118 valence electrons. The topological polar surface area (TPSA) is 50.7 Å². The molecule has 4 aromatic rings. The molecule has 0 aliphatic rings. The van der Waals surface area contributed by atoms with Crippen molar-refractivity contribution in [1.29, 1.82) is 0 Å². The second-order valence-electron chi connectivity index (χ2n) is 5.44. The number of thiazole rings is 1. The van der Waals surface area contributed by atoms with E-state index in [0.717, 1.165) is 34.4 Å². The number of anilines is 1. The van der Waals surface area contributed by atoms with E-state index in [9.17, 15) is 0 Å². The van der Waals surface area contributed by atoms with Crippen molar-refractivity contribution in [3.05, 3.63) is 71.3 Å². The molecule has 2 heterocycles. The summed E-state index contributed by atoms with van der Waals surface area (Å²) in [7, 11) is 0. The lowest BCUT2D eigenvalue weighted by molar-refractivity contribution is 0.975. The predicted octanol–water partition coefficient (Wildman–Crippen LogP) is 4.41. The lowest BCUT2D eigenvalue weighted by Gasteiger charge is -2.06. The van der Waals surface area contributed by atoms with E-state index < -0.39 is 0 Å². The summed E-state index contributed by atoms with van der Waals surface area (Å²) in [5.74, 6) is 0.657. The molecule has 0 aliphatic carbocycles. The predicted molar refractivity (Wildman–Crippen MR) is 99.3 cm³/mol. The molecule has 4 nitrogen and oxygen atoms in total. The minimum atomic E-state index is 0.657. The van der Waals surface area contributed by atoms with Gasteiger partial charge in [0.05, 0.1) is 10.5 Å². The summed E-state index contributed by atoms with van der Waals surface area (Å²) >= 11 is 1.67. The largest absolute Gasteiger partial charge is 0.354 e. The number of aromatic nitrogens is 3. The van der Waals surface area contributed by atoms with Crippen molar-refractivity contribution in [2.24, 2.45) is 0 Å². The van der Waals surface area contributed by atoms with Gasteiger partial charge in [0.1, 0.15) is 0 Å². The molecule has 0 bridgehead atoms. The number of benzene rings is 2. The molecule has 0 unspecified atom stereocenters. The Labute approximate surface area is 144 Å². The minimum absolute atomic E-state index is 0.657. The number of fused-ring (bicyclic) bond motifs is 1. The first-order valence-electron chi connectivity index (χ1n) is 7.83. The van der Waals surface area contributed by atoms with E-state index in [0.29, 0.717) is 5.95 Å². The average molecular weight is 332 g/mol. The zero-order valence-corrected chi connectivity index (χ0v) is 13.8. The van der Waals surface area contributed by atoms with Gasteiger partial charge < -0.3 is 5.32 Å². The number of nitrogens with zero attached hydrogens (tertiary/aromatic N) is 3. The van der Waals surface area contributed by atoms with E-state index in [2.05, 4.69) is 50.6 Å². The van der Waals surface area contributed by atoms with E-state index in [-0.39, 0.29) is 0 Å². The first-order valence-corrected chi connectivity index (χ1v) is 8.71. The lowest BCUT2D eigenvalue weighted by Crippen LogP contribution is -2.07. The van der Waals surface area contributed by atoms with Crippen molar-refractivity contribution in [2.75, 3.05) is 11.9 Å². The highest BCUT2D eigenvalue weighted by Crippen LogP contribution is 2.23. The minimum Gasteiger partial charge on any atom is -0.354 e. The van der Waals surface area contributed by atoms with Crippen LogP contribution in [0.5, 0.6) is 0 Å². The number of nitrogens with one attached hydrogen (secondary N) is 1. The van der Waals surface area contributed by atoms with E-state index in [1.54, 1.807) is 11.3 Å². The first kappa shape index (κ1) is 14.8. The SMILES string of the molecule is c1ccc(-c2ccc3cnc(NCCc4nccs4)nc3c2)cc1. The highest BCUT2D eigenvalue weighted by atomic mass is 32.1. The van der Waals surface area contributed by atoms with Crippen LogP contribution in [-0.2, 0) is 6.42 Å². The van der Waals surface area contributed by atoms with Gasteiger partial charge in [-0.15, -0.1) is 11.3 Å². The van der Waals surface area contributed by atoms with Gasteiger partial charge in [0.15, 0.2) is 0 Å². The Morgan fingerprint density at radius 1 is 0.958 bits per heavy atom. The third kappa shape index (κ3) is 3.26. The molecule has 1 N–H and O–H groups in total. The summed E-state index contributed by atoms with van der Waals surface area (Å²) < 4.78 is 0. The standard InChI is InChI=1S/C19H16N4S/c1-2-4-14(5-3-1)15-6-7-16-13-22-19(23-17(16)12-15)21-9-8-18-20-10-11-24-18/h1-7,10-13H,8-9H2,(H,21,22,23). The van der Waals surface area contributed by atoms with E-state index in [4.69, 9.17) is 0 Å². The maximum atomic E-state index is 4.64. The molecule has 24 heavy (non-hydrogen) atoms. The van der Waals surface area contributed by atoms with E-state index in [1.165, 1.54) is 5.56 Å². The van der Waals surface area contributed by atoms with E-state index in [1.807, 2.05) is 36.0 Å². The summed E-state index contributed by atoms with van der Waals surface area (Å²) in [5, 5.41) is 7.43. The Morgan fingerprint density at radius 2 is 1.88 bits per heavy atom. The van der Waals surface area contributed by atoms with Crippen LogP contribution in [0.1, 0.15) is 5.01 Å². The van der Waals surface area contributed by atoms with Gasteiger partial charge in [0.2, 0.25) is 5.95 Å². The Kier molecular flexibility index (Phi) is 4.16. The van der Waals surface area contributed by atoms with Crippen LogP contribution in [-0.4, -0.2) is 21.5 Å². The smallest absolute Gasteiger partial charge is 0.223 e. The van der Waals surface area contributed by atoms with Crippen LogP contribution in [0.15, 0.2) is 66.3 Å². The van der Waals surface area contributed by atoms with Crippen molar-refractivity contribution >= 4 is 28.2 Å². The number of hydrogen-bond donors (Lipinski definition) is 1. The highest BCUT2D eigenvalue weighted by molar-refractivity contribution is 7.09. The van der Waals surface area contributed by atoms with Crippen LogP contribution in [0.4, 0.5) is 5.95 Å². The summed E-state index contributed by atoms with van der Waals surface area (Å²) in [6.07, 6.45) is 4.57. The molecule has 0 atom stereocenters. The third-order valence-corrected chi connectivity index (χ3v) is 4.63. The normalized spacial score (nSPS) is 10.8. The molecule has 0 radical (unpaired) electrons. The summed E-state index contributed by atoms with van der Waals surface area (Å²) in [5.41, 5.74) is 3.30. The Bertz CT molecular complexity index is 936. The molecule has 0 saturated heterocycles. The quantitative estimate of drug-likeness (QED) is 0.588. The van der Waals surface area contributed by atoms with Crippen LogP contribution in [0.2, 0.25) is 0 Å². The van der Waals surface area contributed by atoms with Crippen LogP contribution in [0, 0.1) is 0 Å². The lowest BCUT2D eigenvalue weighted by atomic mass is 10.0. The highest BCUT2D eigenvalue weighted by Gasteiger charge is 2.03. The third-order valence-electron chi connectivity index (χ3n) is 3.80. The molecule has 2 aromatic carbocycles. The van der Waals surface area contributed by atoms with Gasteiger partial charge in [-0.1, -0.05) is 42.5 Å². The van der Waals surface area contributed by atoms with Crippen molar-refractivity contribution < 1.29 is 0 Å². The fourth-order valence-corrected chi connectivity index (χ4v) is 3.20. The molecule has 5 heteroatoms. The Balaban J connectivity index is 1.55. The van der Waals surface area contributed by atoms with Gasteiger partial charge in [0, 0.05) is 36.1 Å². The second-order valence-corrected chi connectivity index (χ2v) is 6.41. The van der Waals surface area contributed by atoms with Gasteiger partial charge in [0.25, 0.3) is 0 Å². The van der Waals surface area contributed by atoms with Crippen LogP contribution in [0.25, 0.3) is 22.0 Å². The van der Waals surface area contributed by atoms with Gasteiger partial charge >= 0.3 is 0 Å². The van der Waals surface area contributed by atoms with E-state index >= 15 is 0 Å². The average Bonchev–Trinajstić information content (AvgIpc) is 3.15. The molecule has 0 fully saturated rings. The molecular formula is C19H16N4S. The molecule has 0 spiro atoms. The fourth-order valence-electron chi connectivity index (χ4n) is 2.58. The van der Waals surface area contributed by atoms with Crippen molar-refractivity contribution in [3.8, 4) is 11.1 Å². The maximum Gasteiger partial charge on any atom is 0.223 e. The zero-order chi connectivity index (χ0) is 16.2. The summed E-state index contributed by atoms with van der Waals surface area (Å²) in [6, 6.07) is 16.6. The molecule has 2 aromatic heterocycles. The van der Waals surface area contributed by atoms with Gasteiger partial charge in [-0.25, -0.2) is 15.0 Å². The Hall–Kier alpha value is -2.79.